The van der Waals surface area contributed by atoms with Gasteiger partial charge in [-0.3, -0.25) is 14.2 Å². The summed E-state index contributed by atoms with van der Waals surface area (Å²) in [6, 6.07) is 1.26. The van der Waals surface area contributed by atoms with E-state index < -0.39 is 66.7 Å². The number of nitrogens with two attached hydrogens (primary N) is 1. The highest BCUT2D eigenvalue weighted by Crippen LogP contribution is 2.41. The summed E-state index contributed by atoms with van der Waals surface area (Å²) < 4.78 is 32.7. The van der Waals surface area contributed by atoms with Crippen LogP contribution in [0.25, 0.3) is 10.4 Å². The van der Waals surface area contributed by atoms with Gasteiger partial charge in [0.05, 0.1) is 18.4 Å². The number of nitrogens with zero attached hydrogens (tertiary/aromatic N) is 5. The summed E-state index contributed by atoms with van der Waals surface area (Å²) in [5, 5.41) is 3.43. The summed E-state index contributed by atoms with van der Waals surface area (Å²) in [5.74, 6) is -2.56. The van der Waals surface area contributed by atoms with Crippen molar-refractivity contribution in [1.29, 1.82) is 0 Å². The van der Waals surface area contributed by atoms with Gasteiger partial charge in [-0.05, 0) is 11.6 Å². The second-order valence-electron chi connectivity index (χ2n) is 7.72. The normalized spacial score (nSPS) is 25.3. The smallest absolute Gasteiger partial charge is 0.351 e. The number of aromatic nitrogens is 2. The van der Waals surface area contributed by atoms with Crippen LogP contribution in [0.15, 0.2) is 22.2 Å². The molecule has 0 aliphatic carbocycles. The zero-order valence-electron chi connectivity index (χ0n) is 17.6. The summed E-state index contributed by atoms with van der Waals surface area (Å²) >= 11 is 0. The Morgan fingerprint density at radius 3 is 2.58 bits per heavy atom. The highest BCUT2D eigenvalue weighted by Gasteiger charge is 2.59. The Morgan fingerprint density at radius 2 is 2.03 bits per heavy atom. The van der Waals surface area contributed by atoms with Crippen LogP contribution in [0.4, 0.5) is 10.2 Å². The zero-order valence-corrected chi connectivity index (χ0v) is 17.6. The zero-order chi connectivity index (χ0) is 23.3. The molecule has 0 bridgehead atoms. The molecule has 0 aromatic carbocycles. The molecule has 12 nitrogen and oxygen atoms in total. The van der Waals surface area contributed by atoms with Crippen LogP contribution in [0.3, 0.4) is 0 Å². The molecule has 170 valence electrons. The molecule has 1 aliphatic heterocycles. The second kappa shape index (κ2) is 9.75. The number of alkyl halides is 1. The Kier molecular flexibility index (Phi) is 7.58. The molecule has 31 heavy (non-hydrogen) atoms. The second-order valence-corrected chi connectivity index (χ2v) is 7.72. The molecule has 2 rings (SSSR count). The van der Waals surface area contributed by atoms with Gasteiger partial charge in [-0.25, -0.2) is 9.18 Å². The number of hydrogen-bond donors (Lipinski definition) is 1. The number of halogens is 1. The van der Waals surface area contributed by atoms with E-state index in [-0.39, 0.29) is 5.82 Å². The predicted octanol–water partition coefficient (Wildman–Crippen LogP) is 1.51. The van der Waals surface area contributed by atoms with E-state index in [1.54, 1.807) is 27.7 Å². The summed E-state index contributed by atoms with van der Waals surface area (Å²) in [6.07, 6.45) is -4.13. The highest BCUT2D eigenvalue weighted by molar-refractivity contribution is 5.72. The van der Waals surface area contributed by atoms with Crippen LogP contribution in [0, 0.1) is 11.8 Å². The minimum atomic E-state index is -2.07. The molecule has 1 saturated heterocycles. The number of rotatable bonds is 8. The maximum absolute atomic E-state index is 15.6. The summed E-state index contributed by atoms with van der Waals surface area (Å²) in [7, 11) is 0. The standard InChI is InChI=1S/C18H25FN6O6/c1-9(2)15(26)29-8-18(7-22-24-21)13(30-16(27)10(3)4)12(19)14(31-18)25-6-5-11(20)23-17(25)28/h5-6,9-10,12-14H,7-8H2,1-4H3,(H2,20,23,28)/t12-,13+,14?,18-/m1/s1. The third-order valence-corrected chi connectivity index (χ3v) is 4.61. The molecule has 1 fully saturated rings. The third kappa shape index (κ3) is 5.30. The van der Waals surface area contributed by atoms with Crippen molar-refractivity contribution >= 4 is 17.8 Å². The van der Waals surface area contributed by atoms with Gasteiger partial charge in [-0.15, -0.1) is 0 Å². The van der Waals surface area contributed by atoms with E-state index in [4.69, 9.17) is 25.5 Å². The van der Waals surface area contributed by atoms with Gasteiger partial charge in [0.25, 0.3) is 0 Å². The molecule has 2 heterocycles. The Labute approximate surface area is 177 Å². The molecule has 2 N–H and O–H groups in total. The molecule has 0 spiro atoms. The number of ether oxygens (including phenoxy) is 3. The fourth-order valence-electron chi connectivity index (χ4n) is 2.88. The van der Waals surface area contributed by atoms with Crippen LogP contribution in [-0.2, 0) is 23.8 Å². The first-order chi connectivity index (χ1) is 14.5. The summed E-state index contributed by atoms with van der Waals surface area (Å²) in [4.78, 5) is 42.7. The van der Waals surface area contributed by atoms with Crippen LogP contribution >= 0.6 is 0 Å². The Balaban J connectivity index is 2.51. The number of hydrogen-bond acceptors (Lipinski definition) is 9. The minimum Gasteiger partial charge on any atom is -0.462 e. The first kappa shape index (κ1) is 24.1. The Bertz CT molecular complexity index is 930. The van der Waals surface area contributed by atoms with Gasteiger partial charge >= 0.3 is 17.6 Å². The van der Waals surface area contributed by atoms with E-state index in [0.29, 0.717) is 0 Å². The van der Waals surface area contributed by atoms with Crippen LogP contribution in [0.2, 0.25) is 0 Å². The van der Waals surface area contributed by atoms with Gasteiger partial charge in [-0.1, -0.05) is 32.8 Å². The molecule has 1 aliphatic rings. The monoisotopic (exact) mass is 440 g/mol. The molecular weight excluding hydrogens is 415 g/mol. The molecule has 0 amide bonds. The molecule has 13 heteroatoms. The number of carbonyl (C=O) groups excluding carboxylic acids is 2. The third-order valence-electron chi connectivity index (χ3n) is 4.61. The Hall–Kier alpha value is -3.18. The quantitative estimate of drug-likeness (QED) is 0.274. The molecule has 0 saturated carbocycles. The average molecular weight is 440 g/mol. The van der Waals surface area contributed by atoms with Gasteiger partial charge in [0.15, 0.2) is 24.1 Å². The van der Waals surface area contributed by atoms with Crippen LogP contribution in [-0.4, -0.2) is 52.5 Å². The SMILES string of the molecule is CC(C)C(=O)OC[C@@]1(CN=[N+]=[N-])OC(n2ccc(N)nc2=O)[C@H](F)[C@@H]1OC(=O)C(C)C. The fraction of sp³-hybridized carbons (Fsp3) is 0.667. The van der Waals surface area contributed by atoms with Crippen molar-refractivity contribution in [1.82, 2.24) is 9.55 Å². The topological polar surface area (TPSA) is 171 Å². The van der Waals surface area contributed by atoms with E-state index in [9.17, 15) is 14.4 Å². The van der Waals surface area contributed by atoms with Crippen molar-refractivity contribution in [3.63, 3.8) is 0 Å². The number of carbonyl (C=O) groups is 2. The lowest BCUT2D eigenvalue weighted by molar-refractivity contribution is -0.179. The van der Waals surface area contributed by atoms with Crippen LogP contribution < -0.4 is 11.4 Å². The molecule has 1 aromatic rings. The van der Waals surface area contributed by atoms with Crippen molar-refractivity contribution in [3.8, 4) is 0 Å². The fourth-order valence-corrected chi connectivity index (χ4v) is 2.88. The lowest BCUT2D eigenvalue weighted by Gasteiger charge is -2.32. The molecule has 1 aromatic heterocycles. The van der Waals surface area contributed by atoms with Crippen molar-refractivity contribution in [2.24, 2.45) is 17.0 Å². The number of esters is 2. The van der Waals surface area contributed by atoms with Crippen molar-refractivity contribution < 1.29 is 28.2 Å². The average Bonchev–Trinajstić information content (AvgIpc) is 2.96. The van der Waals surface area contributed by atoms with E-state index in [1.807, 2.05) is 0 Å². The van der Waals surface area contributed by atoms with Gasteiger partial charge < -0.3 is 19.9 Å². The van der Waals surface area contributed by atoms with E-state index in [1.165, 1.54) is 12.3 Å². The number of azide groups is 1. The number of anilines is 1. The first-order valence-corrected chi connectivity index (χ1v) is 9.57. The predicted molar refractivity (Wildman–Crippen MR) is 105 cm³/mol. The van der Waals surface area contributed by atoms with E-state index >= 15 is 4.39 Å². The van der Waals surface area contributed by atoms with E-state index in [2.05, 4.69) is 15.0 Å². The van der Waals surface area contributed by atoms with Crippen molar-refractivity contribution in [2.45, 2.75) is 51.8 Å². The minimum absolute atomic E-state index is 0.0800. The summed E-state index contributed by atoms with van der Waals surface area (Å²) in [5.41, 5.74) is 11.5. The lowest BCUT2D eigenvalue weighted by atomic mass is 9.96. The molecule has 1 unspecified atom stereocenters. The highest BCUT2D eigenvalue weighted by atomic mass is 19.1. The van der Waals surface area contributed by atoms with Gasteiger partial charge in [0, 0.05) is 11.1 Å². The Morgan fingerprint density at radius 1 is 1.39 bits per heavy atom. The van der Waals surface area contributed by atoms with Crippen molar-refractivity contribution in [2.75, 3.05) is 18.9 Å². The van der Waals surface area contributed by atoms with Gasteiger partial charge in [-0.2, -0.15) is 4.98 Å². The number of nitrogen functional groups attached to an aromatic ring is 1. The largest absolute Gasteiger partial charge is 0.462 e. The van der Waals surface area contributed by atoms with Crippen molar-refractivity contribution in [3.05, 3.63) is 33.2 Å². The maximum Gasteiger partial charge on any atom is 0.351 e. The summed E-state index contributed by atoms with van der Waals surface area (Å²) in [6.45, 7) is 5.17. The molecule has 4 atom stereocenters. The maximum atomic E-state index is 15.6. The first-order valence-electron chi connectivity index (χ1n) is 9.57. The van der Waals surface area contributed by atoms with Gasteiger partial charge in [0.1, 0.15) is 12.4 Å². The van der Waals surface area contributed by atoms with Gasteiger partial charge in [0.2, 0.25) is 0 Å². The van der Waals surface area contributed by atoms with Crippen LogP contribution in [0.1, 0.15) is 33.9 Å². The van der Waals surface area contributed by atoms with Crippen LogP contribution in [0.5, 0.6) is 0 Å². The molecule has 0 radical (unpaired) electrons. The lowest BCUT2D eigenvalue weighted by Crippen LogP contribution is -2.52. The van der Waals surface area contributed by atoms with E-state index in [0.717, 1.165) is 4.57 Å². The molecular formula is C18H25FN6O6.